The van der Waals surface area contributed by atoms with E-state index in [9.17, 15) is 4.79 Å². The number of benzene rings is 1. The molecule has 1 aliphatic heterocycles. The Kier molecular flexibility index (Phi) is 3.23. The Balaban J connectivity index is 0.000000845. The van der Waals surface area contributed by atoms with Crippen LogP contribution in [0.15, 0.2) is 46.8 Å². The van der Waals surface area contributed by atoms with Gasteiger partial charge in [-0.25, -0.2) is 0 Å². The summed E-state index contributed by atoms with van der Waals surface area (Å²) in [5, 5.41) is 6.92. The number of azo groups is 1. The van der Waals surface area contributed by atoms with Crippen LogP contribution in [-0.2, 0) is 24.9 Å². The van der Waals surface area contributed by atoms with Crippen LogP contribution in [0.1, 0.15) is 5.56 Å². The summed E-state index contributed by atoms with van der Waals surface area (Å²) in [6, 6.07) is 9.38. The zero-order valence-electron chi connectivity index (χ0n) is 6.60. The van der Waals surface area contributed by atoms with Crippen molar-refractivity contribution in [3.8, 4) is 0 Å². The van der Waals surface area contributed by atoms with Gasteiger partial charge in [0.05, 0.1) is 11.8 Å². The van der Waals surface area contributed by atoms with E-state index in [4.69, 9.17) is 0 Å². The average Bonchev–Trinajstić information content (AvgIpc) is 2.53. The molecule has 0 fully saturated rings. The van der Waals surface area contributed by atoms with Gasteiger partial charge in [0.25, 0.3) is 5.91 Å². The second-order valence-corrected chi connectivity index (χ2v) is 2.43. The molecule has 1 aromatic carbocycles. The third kappa shape index (κ3) is 1.97. The molecule has 3 nitrogen and oxygen atoms in total. The van der Waals surface area contributed by atoms with Gasteiger partial charge in [0.15, 0.2) is 0 Å². The summed E-state index contributed by atoms with van der Waals surface area (Å²) < 4.78 is 0. The van der Waals surface area contributed by atoms with Crippen LogP contribution in [0.5, 0.6) is 0 Å². The summed E-state index contributed by atoms with van der Waals surface area (Å²) >= 11 is 0. The molecule has 2 rings (SSSR count). The van der Waals surface area contributed by atoms with Gasteiger partial charge in [-0.15, -0.1) is 5.11 Å². The summed E-state index contributed by atoms with van der Waals surface area (Å²) in [6.07, 6.45) is 1.48. The van der Waals surface area contributed by atoms with E-state index < -0.39 is 0 Å². The molecule has 1 aliphatic rings. The molecule has 0 aliphatic carbocycles. The molecule has 1 aromatic rings. The van der Waals surface area contributed by atoms with Crippen molar-refractivity contribution in [3.05, 3.63) is 42.1 Å². The number of carbonyl (C=O) groups is 1. The molecule has 67 valence electrons. The quantitative estimate of drug-likeness (QED) is 0.764. The van der Waals surface area contributed by atoms with Gasteiger partial charge in [-0.3, -0.25) is 4.79 Å². The number of amides is 1. The molecule has 4 heteroatoms. The molecule has 0 spiro atoms. The first kappa shape index (κ1) is 9.96. The molecule has 0 unspecified atom stereocenters. The minimum absolute atomic E-state index is 0. The first-order valence-corrected chi connectivity index (χ1v) is 3.59. The molecule has 1 heterocycles. The molecular formula is C9H6IrN2O. The smallest absolute Gasteiger partial charge is 0.265 e. The Morgan fingerprint density at radius 1 is 1.08 bits per heavy atom. The minimum atomic E-state index is -0.263. The van der Waals surface area contributed by atoms with Crippen molar-refractivity contribution in [2.45, 2.75) is 0 Å². The summed E-state index contributed by atoms with van der Waals surface area (Å²) in [7, 11) is 0. The number of hydrogen-bond acceptors (Lipinski definition) is 2. The summed E-state index contributed by atoms with van der Waals surface area (Å²) in [6.45, 7) is 0. The molecule has 0 N–H and O–H groups in total. The van der Waals surface area contributed by atoms with Crippen LogP contribution in [-0.4, -0.2) is 5.91 Å². The van der Waals surface area contributed by atoms with Gasteiger partial charge in [-0.05, 0) is 5.56 Å². The Hall–Kier alpha value is -1.12. The van der Waals surface area contributed by atoms with E-state index >= 15 is 0 Å². The Morgan fingerprint density at radius 2 is 1.77 bits per heavy atom. The Morgan fingerprint density at radius 3 is 2.31 bits per heavy atom. The zero-order valence-corrected chi connectivity index (χ0v) is 9.00. The normalized spacial score (nSPS) is 13.8. The fraction of sp³-hybridized carbons (Fsp3) is 0. The van der Waals surface area contributed by atoms with Crippen molar-refractivity contribution in [2.75, 3.05) is 0 Å². The van der Waals surface area contributed by atoms with Crippen molar-refractivity contribution < 1.29 is 24.9 Å². The Labute approximate surface area is 88.9 Å². The van der Waals surface area contributed by atoms with E-state index in [1.54, 1.807) is 0 Å². The topological polar surface area (TPSA) is 41.8 Å². The van der Waals surface area contributed by atoms with E-state index in [1.165, 1.54) is 6.20 Å². The van der Waals surface area contributed by atoms with Crippen molar-refractivity contribution >= 4 is 11.5 Å². The van der Waals surface area contributed by atoms with Crippen LogP contribution < -0.4 is 0 Å². The predicted octanol–water partition coefficient (Wildman–Crippen LogP) is 2.02. The average molecular weight is 350 g/mol. The van der Waals surface area contributed by atoms with Crippen molar-refractivity contribution in [1.29, 1.82) is 0 Å². The fourth-order valence-electron chi connectivity index (χ4n) is 1.06. The molecule has 0 saturated heterocycles. The van der Waals surface area contributed by atoms with Crippen molar-refractivity contribution in [2.24, 2.45) is 10.2 Å². The zero-order chi connectivity index (χ0) is 8.39. The van der Waals surface area contributed by atoms with Gasteiger partial charge < -0.3 is 0 Å². The molecule has 0 saturated carbocycles. The van der Waals surface area contributed by atoms with Crippen molar-refractivity contribution in [1.82, 2.24) is 0 Å². The van der Waals surface area contributed by atoms with Crippen LogP contribution in [0.4, 0.5) is 0 Å². The van der Waals surface area contributed by atoms with Crippen LogP contribution in [0.25, 0.3) is 5.57 Å². The minimum Gasteiger partial charge on any atom is -0.265 e. The maximum Gasteiger partial charge on any atom is 0.297 e. The van der Waals surface area contributed by atoms with Crippen molar-refractivity contribution in [3.63, 3.8) is 0 Å². The van der Waals surface area contributed by atoms with E-state index in [0.29, 0.717) is 5.57 Å². The maximum absolute atomic E-state index is 11.0. The van der Waals surface area contributed by atoms with Gasteiger partial charge in [0.2, 0.25) is 0 Å². The number of carbonyl (C=O) groups excluding carboxylic acids is 1. The largest absolute Gasteiger partial charge is 0.297 e. The second kappa shape index (κ2) is 4.21. The van der Waals surface area contributed by atoms with E-state index in [0.717, 1.165) is 5.56 Å². The molecule has 0 bridgehead atoms. The fourth-order valence-corrected chi connectivity index (χ4v) is 1.06. The number of hydrogen-bond donors (Lipinski definition) is 0. The van der Waals surface area contributed by atoms with Gasteiger partial charge in [0.1, 0.15) is 0 Å². The molecule has 13 heavy (non-hydrogen) atoms. The molecule has 0 atom stereocenters. The first-order chi connectivity index (χ1) is 5.88. The molecule has 0 aromatic heterocycles. The van der Waals surface area contributed by atoms with Crippen LogP contribution in [0, 0.1) is 0 Å². The third-order valence-electron chi connectivity index (χ3n) is 1.65. The standard InChI is InChI=1S/C9H6N2O.Ir/c12-9-8(6-10-11-9)7-4-2-1-3-5-7;/h1-6H;. The summed E-state index contributed by atoms with van der Waals surface area (Å²) in [4.78, 5) is 11.0. The van der Waals surface area contributed by atoms with E-state index in [1.807, 2.05) is 30.3 Å². The van der Waals surface area contributed by atoms with Gasteiger partial charge >= 0.3 is 0 Å². The number of nitrogens with zero attached hydrogens (tertiary/aromatic N) is 2. The van der Waals surface area contributed by atoms with E-state index in [2.05, 4.69) is 10.2 Å². The van der Waals surface area contributed by atoms with Gasteiger partial charge in [0, 0.05) is 20.1 Å². The van der Waals surface area contributed by atoms with Gasteiger partial charge in [-0.2, -0.15) is 5.11 Å². The van der Waals surface area contributed by atoms with Gasteiger partial charge in [-0.1, -0.05) is 30.3 Å². The Bertz CT molecular complexity index is 370. The number of rotatable bonds is 1. The summed E-state index contributed by atoms with van der Waals surface area (Å²) in [5.74, 6) is -0.263. The molecule has 1 amide bonds. The summed E-state index contributed by atoms with van der Waals surface area (Å²) in [5.41, 5.74) is 1.43. The molecular weight excluding hydrogens is 344 g/mol. The second-order valence-electron chi connectivity index (χ2n) is 2.43. The SMILES string of the molecule is O=C1N=NC=C1c1ccccc1.[Ir]. The van der Waals surface area contributed by atoms with Crippen LogP contribution in [0.2, 0.25) is 0 Å². The third-order valence-corrected chi connectivity index (χ3v) is 1.65. The predicted molar refractivity (Wildman–Crippen MR) is 44.3 cm³/mol. The van der Waals surface area contributed by atoms with Crippen LogP contribution in [0.3, 0.4) is 0 Å². The van der Waals surface area contributed by atoms with E-state index in [-0.39, 0.29) is 26.0 Å². The monoisotopic (exact) mass is 351 g/mol. The first-order valence-electron chi connectivity index (χ1n) is 3.59. The van der Waals surface area contributed by atoms with Crippen LogP contribution >= 0.6 is 0 Å². The molecule has 1 radical (unpaired) electrons. The maximum atomic E-state index is 11.0.